The molecule has 0 aliphatic heterocycles. The fourth-order valence-corrected chi connectivity index (χ4v) is 5.36. The summed E-state index contributed by atoms with van der Waals surface area (Å²) in [5, 5.41) is 8.72. The highest BCUT2D eigenvalue weighted by molar-refractivity contribution is 5.69. The summed E-state index contributed by atoms with van der Waals surface area (Å²) in [5.41, 5.74) is 0. The van der Waals surface area contributed by atoms with Crippen molar-refractivity contribution >= 4 is 11.9 Å². The quantitative estimate of drug-likeness (QED) is 0.0704. The molecule has 1 atom stereocenters. The summed E-state index contributed by atoms with van der Waals surface area (Å²) in [7, 11) is 0. The number of rotatable bonds is 31. The van der Waals surface area contributed by atoms with Crippen LogP contribution >= 0.6 is 0 Å². The molecule has 0 aromatic carbocycles. The van der Waals surface area contributed by atoms with Crippen LogP contribution in [0, 0.1) is 0 Å². The molecule has 1 unspecified atom stereocenters. The summed E-state index contributed by atoms with van der Waals surface area (Å²) >= 11 is 0. The van der Waals surface area contributed by atoms with Crippen molar-refractivity contribution in [1.82, 2.24) is 0 Å². The Bertz CT molecular complexity index is 505. The standard InChI is InChI=1S/C34H66O4/c1-3-5-6-7-8-9-10-11-12-13-14-15-16-17-18-19-20-21-22-23-27-31-34(37)38-32(28-4-2)29-25-24-26-30-33(35)36/h32H,3-31H2,1-2H3,(H,35,36). The average Bonchev–Trinajstić information content (AvgIpc) is 2.89. The number of carboxylic acids is 1. The lowest BCUT2D eigenvalue weighted by Crippen LogP contribution is -2.18. The Balaban J connectivity index is 3.38. The molecule has 0 rings (SSSR count). The second kappa shape index (κ2) is 30.5. The first-order valence-electron chi connectivity index (χ1n) is 17.0. The highest BCUT2D eigenvalue weighted by Gasteiger charge is 2.13. The molecule has 0 saturated carbocycles. The maximum absolute atomic E-state index is 12.2. The van der Waals surface area contributed by atoms with Gasteiger partial charge in [0, 0.05) is 12.8 Å². The Hall–Kier alpha value is -1.06. The third-order valence-electron chi connectivity index (χ3n) is 7.81. The summed E-state index contributed by atoms with van der Waals surface area (Å²) in [6.45, 7) is 4.40. The monoisotopic (exact) mass is 538 g/mol. The molecule has 0 aliphatic rings. The van der Waals surface area contributed by atoms with Crippen molar-refractivity contribution in [3.05, 3.63) is 0 Å². The molecular formula is C34H66O4. The van der Waals surface area contributed by atoms with Crippen molar-refractivity contribution in [2.45, 2.75) is 206 Å². The minimum Gasteiger partial charge on any atom is -0.481 e. The summed E-state index contributed by atoms with van der Waals surface area (Å²) in [4.78, 5) is 22.8. The van der Waals surface area contributed by atoms with E-state index in [2.05, 4.69) is 13.8 Å². The largest absolute Gasteiger partial charge is 0.481 e. The zero-order chi connectivity index (χ0) is 27.9. The Morgan fingerprint density at radius 2 is 0.842 bits per heavy atom. The third-order valence-corrected chi connectivity index (χ3v) is 7.81. The smallest absolute Gasteiger partial charge is 0.306 e. The van der Waals surface area contributed by atoms with E-state index < -0.39 is 5.97 Å². The highest BCUT2D eigenvalue weighted by atomic mass is 16.5. The van der Waals surface area contributed by atoms with E-state index in [9.17, 15) is 9.59 Å². The number of esters is 1. The van der Waals surface area contributed by atoms with Gasteiger partial charge in [0.15, 0.2) is 0 Å². The van der Waals surface area contributed by atoms with Crippen LogP contribution < -0.4 is 0 Å². The van der Waals surface area contributed by atoms with Crippen LogP contribution in [0.3, 0.4) is 0 Å². The van der Waals surface area contributed by atoms with Gasteiger partial charge >= 0.3 is 11.9 Å². The first-order chi connectivity index (χ1) is 18.6. The lowest BCUT2D eigenvalue weighted by Gasteiger charge is -2.17. The average molecular weight is 539 g/mol. The second-order valence-electron chi connectivity index (χ2n) is 11.7. The second-order valence-corrected chi connectivity index (χ2v) is 11.7. The Morgan fingerprint density at radius 3 is 1.24 bits per heavy atom. The lowest BCUT2D eigenvalue weighted by atomic mass is 10.0. The van der Waals surface area contributed by atoms with E-state index in [1.807, 2.05) is 0 Å². The van der Waals surface area contributed by atoms with Crippen LogP contribution in [0.5, 0.6) is 0 Å². The molecule has 0 aromatic rings. The molecule has 4 heteroatoms. The molecule has 4 nitrogen and oxygen atoms in total. The molecular weight excluding hydrogens is 472 g/mol. The van der Waals surface area contributed by atoms with Crippen LogP contribution in [-0.2, 0) is 14.3 Å². The van der Waals surface area contributed by atoms with Crippen LogP contribution in [0.1, 0.15) is 200 Å². The predicted molar refractivity (Wildman–Crippen MR) is 163 cm³/mol. The van der Waals surface area contributed by atoms with Gasteiger partial charge in [-0.3, -0.25) is 9.59 Å². The molecule has 0 spiro atoms. The molecule has 38 heavy (non-hydrogen) atoms. The van der Waals surface area contributed by atoms with Gasteiger partial charge in [-0.2, -0.15) is 0 Å². The topological polar surface area (TPSA) is 63.6 Å². The van der Waals surface area contributed by atoms with Crippen LogP contribution in [0.25, 0.3) is 0 Å². The van der Waals surface area contributed by atoms with E-state index in [0.717, 1.165) is 44.9 Å². The van der Waals surface area contributed by atoms with E-state index >= 15 is 0 Å². The molecule has 226 valence electrons. The number of ether oxygens (including phenoxy) is 1. The summed E-state index contributed by atoms with van der Waals surface area (Å²) < 4.78 is 5.71. The van der Waals surface area contributed by atoms with Gasteiger partial charge in [0.05, 0.1) is 0 Å². The van der Waals surface area contributed by atoms with Gasteiger partial charge in [0.25, 0.3) is 0 Å². The van der Waals surface area contributed by atoms with E-state index in [0.29, 0.717) is 12.8 Å². The SMILES string of the molecule is CCCCCCCCCCCCCCCCCCCCCCCC(=O)OC(CCC)CCCCCC(=O)O. The van der Waals surface area contributed by atoms with Crippen molar-refractivity contribution < 1.29 is 19.4 Å². The molecule has 0 fully saturated rings. The first kappa shape index (κ1) is 36.9. The molecule has 0 heterocycles. The van der Waals surface area contributed by atoms with E-state index in [4.69, 9.17) is 9.84 Å². The summed E-state index contributed by atoms with van der Waals surface area (Å²) in [6.07, 6.45) is 34.8. The van der Waals surface area contributed by atoms with E-state index in [1.54, 1.807) is 0 Å². The predicted octanol–water partition coefficient (Wildman–Crippen LogP) is 11.3. The van der Waals surface area contributed by atoms with Gasteiger partial charge in [-0.05, 0) is 32.1 Å². The Kier molecular flexibility index (Phi) is 29.6. The number of hydrogen-bond acceptors (Lipinski definition) is 3. The first-order valence-corrected chi connectivity index (χ1v) is 17.0. The minimum absolute atomic E-state index is 0.00670. The summed E-state index contributed by atoms with van der Waals surface area (Å²) in [6, 6.07) is 0. The van der Waals surface area contributed by atoms with Gasteiger partial charge in [-0.25, -0.2) is 0 Å². The van der Waals surface area contributed by atoms with Crippen LogP contribution in [0.4, 0.5) is 0 Å². The van der Waals surface area contributed by atoms with Gasteiger partial charge in [0.1, 0.15) is 6.10 Å². The minimum atomic E-state index is -0.730. The van der Waals surface area contributed by atoms with E-state index in [1.165, 1.54) is 122 Å². The van der Waals surface area contributed by atoms with Gasteiger partial charge in [-0.15, -0.1) is 0 Å². The Morgan fingerprint density at radius 1 is 0.474 bits per heavy atom. The molecule has 0 bridgehead atoms. The maximum atomic E-state index is 12.2. The van der Waals surface area contributed by atoms with Crippen molar-refractivity contribution in [1.29, 1.82) is 0 Å². The molecule has 0 amide bonds. The molecule has 0 saturated heterocycles. The zero-order valence-corrected chi connectivity index (χ0v) is 25.8. The number of carbonyl (C=O) groups excluding carboxylic acids is 1. The fourth-order valence-electron chi connectivity index (χ4n) is 5.36. The Labute approximate surface area is 237 Å². The maximum Gasteiger partial charge on any atom is 0.306 e. The van der Waals surface area contributed by atoms with Crippen LogP contribution in [-0.4, -0.2) is 23.1 Å². The normalized spacial score (nSPS) is 12.1. The fraction of sp³-hybridized carbons (Fsp3) is 0.941. The molecule has 1 N–H and O–H groups in total. The molecule has 0 aromatic heterocycles. The van der Waals surface area contributed by atoms with Crippen molar-refractivity contribution in [3.8, 4) is 0 Å². The van der Waals surface area contributed by atoms with Crippen LogP contribution in [0.15, 0.2) is 0 Å². The lowest BCUT2D eigenvalue weighted by molar-refractivity contribution is -0.150. The zero-order valence-electron chi connectivity index (χ0n) is 25.8. The van der Waals surface area contributed by atoms with Gasteiger partial charge < -0.3 is 9.84 Å². The van der Waals surface area contributed by atoms with Gasteiger partial charge in [0.2, 0.25) is 0 Å². The van der Waals surface area contributed by atoms with Gasteiger partial charge in [-0.1, -0.05) is 155 Å². The highest BCUT2D eigenvalue weighted by Crippen LogP contribution is 2.17. The van der Waals surface area contributed by atoms with Crippen molar-refractivity contribution in [2.75, 3.05) is 0 Å². The van der Waals surface area contributed by atoms with Crippen molar-refractivity contribution in [3.63, 3.8) is 0 Å². The van der Waals surface area contributed by atoms with Crippen molar-refractivity contribution in [2.24, 2.45) is 0 Å². The van der Waals surface area contributed by atoms with E-state index in [-0.39, 0.29) is 18.5 Å². The molecule has 0 aliphatic carbocycles. The number of carboxylic acid groups (broad SMARTS) is 1. The number of aliphatic carboxylic acids is 1. The molecule has 0 radical (unpaired) electrons. The third kappa shape index (κ3) is 29.5. The number of hydrogen-bond donors (Lipinski definition) is 1. The van der Waals surface area contributed by atoms with Crippen LogP contribution in [0.2, 0.25) is 0 Å². The summed E-state index contributed by atoms with van der Waals surface area (Å²) in [5.74, 6) is -0.779. The number of unbranched alkanes of at least 4 members (excludes halogenated alkanes) is 22. The number of carbonyl (C=O) groups is 2.